The number of aromatic nitrogens is 1. The van der Waals surface area contributed by atoms with Crippen LogP contribution in [0.25, 0.3) is 22.0 Å². The molecule has 6 heteroatoms. The zero-order chi connectivity index (χ0) is 15.9. The van der Waals surface area contributed by atoms with Crippen molar-refractivity contribution in [1.82, 2.24) is 4.98 Å². The fourth-order valence-electron chi connectivity index (χ4n) is 2.24. The first kappa shape index (κ1) is 14.8. The van der Waals surface area contributed by atoms with E-state index >= 15 is 0 Å². The van der Waals surface area contributed by atoms with E-state index in [-0.39, 0.29) is 16.1 Å². The van der Waals surface area contributed by atoms with Crippen molar-refractivity contribution in [3.05, 3.63) is 64.0 Å². The number of halogens is 3. The Kier molecular flexibility index (Phi) is 3.72. The molecule has 0 aliphatic carbocycles. The molecular weight excluding hydrogens is 328 g/mol. The van der Waals surface area contributed by atoms with Gasteiger partial charge in [-0.25, -0.2) is 9.18 Å². The van der Waals surface area contributed by atoms with E-state index in [2.05, 4.69) is 4.98 Å². The highest BCUT2D eigenvalue weighted by molar-refractivity contribution is 6.36. The second-order valence-corrected chi connectivity index (χ2v) is 5.44. The van der Waals surface area contributed by atoms with Gasteiger partial charge in [0.1, 0.15) is 0 Å². The molecule has 0 saturated heterocycles. The molecule has 22 heavy (non-hydrogen) atoms. The van der Waals surface area contributed by atoms with Gasteiger partial charge in [-0.05, 0) is 24.3 Å². The van der Waals surface area contributed by atoms with E-state index in [1.165, 1.54) is 30.5 Å². The highest BCUT2D eigenvalue weighted by Gasteiger charge is 2.15. The number of hydrogen-bond acceptors (Lipinski definition) is 2. The molecule has 0 aliphatic heterocycles. The molecule has 1 heterocycles. The molecule has 3 nitrogen and oxygen atoms in total. The maximum Gasteiger partial charge on any atom is 0.335 e. The number of carboxylic acids is 1. The molecule has 0 spiro atoms. The Labute approximate surface area is 134 Å². The van der Waals surface area contributed by atoms with E-state index in [0.717, 1.165) is 0 Å². The molecule has 2 aromatic carbocycles. The van der Waals surface area contributed by atoms with Crippen LogP contribution < -0.4 is 0 Å². The van der Waals surface area contributed by atoms with Crippen LogP contribution in [0.3, 0.4) is 0 Å². The first-order valence-electron chi connectivity index (χ1n) is 6.25. The summed E-state index contributed by atoms with van der Waals surface area (Å²) in [7, 11) is 0. The van der Waals surface area contributed by atoms with Crippen molar-refractivity contribution in [3.8, 4) is 11.3 Å². The molecule has 1 N–H and O–H groups in total. The number of hydrogen-bond donors (Lipinski definition) is 1. The van der Waals surface area contributed by atoms with Crippen molar-refractivity contribution in [3.63, 3.8) is 0 Å². The summed E-state index contributed by atoms with van der Waals surface area (Å²) in [6.07, 6.45) is 1.40. The van der Waals surface area contributed by atoms with E-state index in [4.69, 9.17) is 28.3 Å². The number of nitrogens with zero attached hydrogens (tertiary/aromatic N) is 1. The summed E-state index contributed by atoms with van der Waals surface area (Å²) in [5.41, 5.74) is 0.555. The van der Waals surface area contributed by atoms with Crippen molar-refractivity contribution in [2.24, 2.45) is 0 Å². The van der Waals surface area contributed by atoms with E-state index in [9.17, 15) is 9.18 Å². The standard InChI is InChI=1S/C16H8Cl2FNO2/c17-12-3-1-2-10(14(12)19)15-11-6-8(16(21)22)4-5-9(11)13(18)7-20-15/h1-7H,(H,21,22). The van der Waals surface area contributed by atoms with Gasteiger partial charge in [0.25, 0.3) is 0 Å². The Morgan fingerprint density at radius 2 is 1.86 bits per heavy atom. The van der Waals surface area contributed by atoms with E-state index < -0.39 is 11.8 Å². The smallest absolute Gasteiger partial charge is 0.335 e. The van der Waals surface area contributed by atoms with Crippen LogP contribution >= 0.6 is 23.2 Å². The molecule has 3 rings (SSSR count). The Bertz CT molecular complexity index is 912. The molecule has 110 valence electrons. The van der Waals surface area contributed by atoms with Gasteiger partial charge in [0, 0.05) is 22.5 Å². The maximum absolute atomic E-state index is 14.3. The lowest BCUT2D eigenvalue weighted by molar-refractivity contribution is 0.0697. The summed E-state index contributed by atoms with van der Waals surface area (Å²) in [4.78, 5) is 15.3. The van der Waals surface area contributed by atoms with Crippen molar-refractivity contribution >= 4 is 39.9 Å². The van der Waals surface area contributed by atoms with Crippen molar-refractivity contribution in [2.45, 2.75) is 0 Å². The van der Waals surface area contributed by atoms with Crippen LogP contribution in [-0.2, 0) is 0 Å². The third kappa shape index (κ3) is 2.40. The van der Waals surface area contributed by atoms with Gasteiger partial charge in [-0.3, -0.25) is 4.98 Å². The van der Waals surface area contributed by atoms with Crippen LogP contribution in [0.15, 0.2) is 42.6 Å². The summed E-state index contributed by atoms with van der Waals surface area (Å²) in [6.45, 7) is 0. The SMILES string of the molecule is O=C(O)c1ccc2c(Cl)cnc(-c3cccc(Cl)c3F)c2c1. The van der Waals surface area contributed by atoms with E-state index in [0.29, 0.717) is 21.5 Å². The van der Waals surface area contributed by atoms with Gasteiger partial charge in [0.15, 0.2) is 5.82 Å². The Morgan fingerprint density at radius 3 is 2.59 bits per heavy atom. The lowest BCUT2D eigenvalue weighted by atomic mass is 10.0. The minimum Gasteiger partial charge on any atom is -0.478 e. The van der Waals surface area contributed by atoms with Crippen molar-refractivity contribution in [1.29, 1.82) is 0 Å². The number of rotatable bonds is 2. The normalized spacial score (nSPS) is 10.9. The lowest BCUT2D eigenvalue weighted by Gasteiger charge is -2.10. The molecule has 1 aromatic heterocycles. The molecular formula is C16H8Cl2FNO2. The molecule has 0 radical (unpaired) electrons. The highest BCUT2D eigenvalue weighted by atomic mass is 35.5. The summed E-state index contributed by atoms with van der Waals surface area (Å²) in [5, 5.41) is 10.5. The largest absolute Gasteiger partial charge is 0.478 e. The van der Waals surface area contributed by atoms with Gasteiger partial charge < -0.3 is 5.11 Å². The van der Waals surface area contributed by atoms with Gasteiger partial charge in [0.2, 0.25) is 0 Å². The fourth-order valence-corrected chi connectivity index (χ4v) is 2.63. The Hall–Kier alpha value is -2.17. The summed E-state index contributed by atoms with van der Waals surface area (Å²) in [5.74, 6) is -1.69. The molecule has 3 aromatic rings. The average Bonchev–Trinajstić information content (AvgIpc) is 2.50. The van der Waals surface area contributed by atoms with Gasteiger partial charge >= 0.3 is 5.97 Å². The van der Waals surface area contributed by atoms with E-state index in [1.54, 1.807) is 12.1 Å². The number of fused-ring (bicyclic) bond motifs is 1. The zero-order valence-corrected chi connectivity index (χ0v) is 12.5. The van der Waals surface area contributed by atoms with Crippen LogP contribution in [-0.4, -0.2) is 16.1 Å². The molecule has 0 aliphatic rings. The number of carbonyl (C=O) groups is 1. The molecule has 0 amide bonds. The topological polar surface area (TPSA) is 50.2 Å². The second-order valence-electron chi connectivity index (χ2n) is 4.62. The molecule has 0 atom stereocenters. The van der Waals surface area contributed by atoms with Crippen molar-refractivity contribution < 1.29 is 14.3 Å². The minimum absolute atomic E-state index is 0.0308. The third-order valence-electron chi connectivity index (χ3n) is 3.29. The molecule has 0 unspecified atom stereocenters. The van der Waals surface area contributed by atoms with Gasteiger partial charge in [-0.1, -0.05) is 35.3 Å². The van der Waals surface area contributed by atoms with Crippen LogP contribution in [0.5, 0.6) is 0 Å². The maximum atomic E-state index is 14.3. The predicted octanol–water partition coefficient (Wildman–Crippen LogP) is 5.05. The number of carboxylic acid groups (broad SMARTS) is 1. The van der Waals surface area contributed by atoms with Crippen LogP contribution in [0.2, 0.25) is 10.0 Å². The number of pyridine rings is 1. The van der Waals surface area contributed by atoms with E-state index in [1.807, 2.05) is 0 Å². The number of benzene rings is 2. The quantitative estimate of drug-likeness (QED) is 0.713. The minimum atomic E-state index is -1.08. The summed E-state index contributed by atoms with van der Waals surface area (Å²) >= 11 is 11.9. The van der Waals surface area contributed by atoms with Crippen molar-refractivity contribution in [2.75, 3.05) is 0 Å². The highest BCUT2D eigenvalue weighted by Crippen LogP contribution is 2.34. The third-order valence-corrected chi connectivity index (χ3v) is 3.89. The fraction of sp³-hybridized carbons (Fsp3) is 0. The van der Waals surface area contributed by atoms with Gasteiger partial charge in [-0.2, -0.15) is 0 Å². The van der Waals surface area contributed by atoms with Crippen LogP contribution in [0, 0.1) is 5.82 Å². The first-order valence-corrected chi connectivity index (χ1v) is 7.00. The van der Waals surface area contributed by atoms with Crippen LogP contribution in [0.4, 0.5) is 4.39 Å². The molecule has 0 saturated carbocycles. The summed E-state index contributed by atoms with van der Waals surface area (Å²) in [6, 6.07) is 9.01. The zero-order valence-electron chi connectivity index (χ0n) is 11.0. The summed E-state index contributed by atoms with van der Waals surface area (Å²) < 4.78 is 14.3. The number of aromatic carboxylic acids is 1. The average molecular weight is 336 g/mol. The Balaban J connectivity index is 2.38. The van der Waals surface area contributed by atoms with Gasteiger partial charge in [0.05, 0.1) is 21.3 Å². The van der Waals surface area contributed by atoms with Gasteiger partial charge in [-0.15, -0.1) is 0 Å². The second kappa shape index (κ2) is 5.55. The Morgan fingerprint density at radius 1 is 1.09 bits per heavy atom. The lowest BCUT2D eigenvalue weighted by Crippen LogP contribution is -1.97. The first-order chi connectivity index (χ1) is 10.5. The predicted molar refractivity (Wildman–Crippen MR) is 84.1 cm³/mol. The van der Waals surface area contributed by atoms with Crippen LogP contribution in [0.1, 0.15) is 10.4 Å². The molecule has 0 fully saturated rings. The molecule has 0 bridgehead atoms. The monoisotopic (exact) mass is 335 g/mol.